The van der Waals surface area contributed by atoms with Crippen molar-refractivity contribution in [3.05, 3.63) is 54.2 Å². The molecule has 1 fully saturated rings. The molecular weight excluding hydrogens is 346 g/mol. The Labute approximate surface area is 168 Å². The quantitative estimate of drug-likeness (QED) is 0.649. The van der Waals surface area contributed by atoms with Crippen molar-refractivity contribution in [2.24, 2.45) is 0 Å². The first-order valence-electron chi connectivity index (χ1n) is 10.4. The van der Waals surface area contributed by atoms with Gasteiger partial charge in [-0.05, 0) is 59.0 Å². The van der Waals surface area contributed by atoms with Crippen LogP contribution in [0.2, 0.25) is 0 Å². The number of aryl methyl sites for hydroxylation is 2. The van der Waals surface area contributed by atoms with Crippen LogP contribution in [-0.2, 0) is 6.54 Å². The van der Waals surface area contributed by atoms with Crippen molar-refractivity contribution >= 4 is 16.6 Å². The molecule has 1 aliphatic rings. The normalized spacial score (nSPS) is 17.6. The van der Waals surface area contributed by atoms with Gasteiger partial charge in [-0.25, -0.2) is 4.98 Å². The Morgan fingerprint density at radius 3 is 2.93 bits per heavy atom. The number of pyridine rings is 1. The number of hydrogen-bond acceptors (Lipinski definition) is 4. The molecule has 5 heteroatoms. The van der Waals surface area contributed by atoms with Crippen LogP contribution in [0.15, 0.2) is 42.7 Å². The summed E-state index contributed by atoms with van der Waals surface area (Å²) in [5.41, 5.74) is 3.49. The second-order valence-corrected chi connectivity index (χ2v) is 8.22. The summed E-state index contributed by atoms with van der Waals surface area (Å²) in [5, 5.41) is 1.25. The molecule has 28 heavy (non-hydrogen) atoms. The Morgan fingerprint density at radius 1 is 1.21 bits per heavy atom. The number of aromatic nitrogens is 3. The molecule has 5 nitrogen and oxygen atoms in total. The molecule has 1 aliphatic heterocycles. The Hall–Kier alpha value is -2.40. The lowest BCUT2D eigenvalue weighted by Gasteiger charge is -2.35. The van der Waals surface area contributed by atoms with E-state index in [1.807, 2.05) is 6.20 Å². The highest BCUT2D eigenvalue weighted by atomic mass is 15.2. The molecule has 0 bridgehead atoms. The number of nitrogens with zero attached hydrogens (tertiary/aromatic N) is 5. The van der Waals surface area contributed by atoms with Gasteiger partial charge in [0.05, 0.1) is 5.52 Å². The minimum absolute atomic E-state index is 0.482. The zero-order valence-corrected chi connectivity index (χ0v) is 17.3. The summed E-state index contributed by atoms with van der Waals surface area (Å²) in [6.07, 6.45) is 7.68. The highest BCUT2D eigenvalue weighted by Gasteiger charge is 2.26. The van der Waals surface area contributed by atoms with Crippen molar-refractivity contribution in [2.75, 3.05) is 38.6 Å². The molecule has 0 aliphatic carbocycles. The van der Waals surface area contributed by atoms with Crippen LogP contribution in [0.25, 0.3) is 10.9 Å². The summed E-state index contributed by atoms with van der Waals surface area (Å²) in [6.45, 7) is 6.37. The fourth-order valence-corrected chi connectivity index (χ4v) is 4.38. The van der Waals surface area contributed by atoms with E-state index in [9.17, 15) is 0 Å². The van der Waals surface area contributed by atoms with Gasteiger partial charge in [-0.3, -0.25) is 4.98 Å². The van der Waals surface area contributed by atoms with Crippen LogP contribution in [0.5, 0.6) is 0 Å². The molecule has 1 atom stereocenters. The summed E-state index contributed by atoms with van der Waals surface area (Å²) in [6, 6.07) is 10.7. The number of rotatable bonds is 6. The molecule has 3 heterocycles. The van der Waals surface area contributed by atoms with Gasteiger partial charge in [-0.1, -0.05) is 18.2 Å². The van der Waals surface area contributed by atoms with Crippen LogP contribution in [0.3, 0.4) is 0 Å². The van der Waals surface area contributed by atoms with Crippen LogP contribution in [0.1, 0.15) is 36.7 Å². The third-order valence-electron chi connectivity index (χ3n) is 5.70. The number of hydrogen-bond donors (Lipinski definition) is 0. The molecule has 148 valence electrons. The van der Waals surface area contributed by atoms with Crippen molar-refractivity contribution in [3.63, 3.8) is 0 Å². The number of benzene rings is 1. The minimum atomic E-state index is 0.482. The van der Waals surface area contributed by atoms with Gasteiger partial charge >= 0.3 is 0 Å². The highest BCUT2D eigenvalue weighted by molar-refractivity contribution is 5.92. The van der Waals surface area contributed by atoms with E-state index in [0.717, 1.165) is 43.8 Å². The van der Waals surface area contributed by atoms with Gasteiger partial charge < -0.3 is 14.4 Å². The predicted molar refractivity (Wildman–Crippen MR) is 116 cm³/mol. The number of para-hydroxylation sites is 1. The van der Waals surface area contributed by atoms with E-state index >= 15 is 0 Å². The standard InChI is InChI=1S/C23H31N5/c1-18-16-22(20-9-4-5-10-21(20)25-18)28-13-6-8-19(17-28)23-24-11-15-27(23)14-7-12-26(2)3/h4-5,9-11,15-16,19H,6-8,12-14,17H2,1-3H3. The van der Waals surface area contributed by atoms with E-state index in [2.05, 4.69) is 71.9 Å². The molecular formula is C23H31N5. The molecule has 1 unspecified atom stereocenters. The highest BCUT2D eigenvalue weighted by Crippen LogP contribution is 2.33. The van der Waals surface area contributed by atoms with Gasteiger partial charge in [0.2, 0.25) is 0 Å². The molecule has 2 aromatic heterocycles. The summed E-state index contributed by atoms with van der Waals surface area (Å²) in [5.74, 6) is 1.73. The summed E-state index contributed by atoms with van der Waals surface area (Å²) in [7, 11) is 4.27. The first kappa shape index (κ1) is 18.9. The third-order valence-corrected chi connectivity index (χ3v) is 5.70. The van der Waals surface area contributed by atoms with E-state index in [-0.39, 0.29) is 0 Å². The van der Waals surface area contributed by atoms with Crippen molar-refractivity contribution in [1.82, 2.24) is 19.4 Å². The Bertz CT molecular complexity index is 930. The van der Waals surface area contributed by atoms with Crippen LogP contribution in [0, 0.1) is 6.92 Å². The van der Waals surface area contributed by atoms with Crippen LogP contribution in [0.4, 0.5) is 5.69 Å². The molecule has 0 spiro atoms. The van der Waals surface area contributed by atoms with Gasteiger partial charge in [0, 0.05) is 54.7 Å². The van der Waals surface area contributed by atoms with Gasteiger partial charge in [0.15, 0.2) is 0 Å². The van der Waals surface area contributed by atoms with Crippen molar-refractivity contribution in [1.29, 1.82) is 0 Å². The average Bonchev–Trinajstić information content (AvgIpc) is 3.15. The lowest BCUT2D eigenvalue weighted by Crippen LogP contribution is -2.35. The summed E-state index contributed by atoms with van der Waals surface area (Å²) in [4.78, 5) is 14.3. The zero-order chi connectivity index (χ0) is 19.5. The SMILES string of the molecule is Cc1cc(N2CCCC(c3nccn3CCCN(C)C)C2)c2ccccc2n1. The predicted octanol–water partition coefficient (Wildman–Crippen LogP) is 4.08. The van der Waals surface area contributed by atoms with Crippen molar-refractivity contribution in [3.8, 4) is 0 Å². The first-order valence-corrected chi connectivity index (χ1v) is 10.4. The number of piperidine rings is 1. The second kappa shape index (κ2) is 8.31. The maximum atomic E-state index is 4.76. The van der Waals surface area contributed by atoms with Gasteiger partial charge in [-0.15, -0.1) is 0 Å². The van der Waals surface area contributed by atoms with E-state index in [0.29, 0.717) is 5.92 Å². The molecule has 0 radical (unpaired) electrons. The molecule has 4 rings (SSSR count). The lowest BCUT2D eigenvalue weighted by atomic mass is 9.96. The minimum Gasteiger partial charge on any atom is -0.370 e. The molecule has 0 saturated carbocycles. The van der Waals surface area contributed by atoms with E-state index < -0.39 is 0 Å². The van der Waals surface area contributed by atoms with Crippen molar-refractivity contribution < 1.29 is 0 Å². The number of imidazole rings is 1. The summed E-state index contributed by atoms with van der Waals surface area (Å²) < 4.78 is 2.37. The van der Waals surface area contributed by atoms with Gasteiger partial charge in [0.25, 0.3) is 0 Å². The second-order valence-electron chi connectivity index (χ2n) is 8.22. The van der Waals surface area contributed by atoms with E-state index in [1.165, 1.54) is 29.7 Å². The Kier molecular flexibility index (Phi) is 5.62. The summed E-state index contributed by atoms with van der Waals surface area (Å²) >= 11 is 0. The van der Waals surface area contributed by atoms with Crippen LogP contribution < -0.4 is 4.90 Å². The number of fused-ring (bicyclic) bond motifs is 1. The molecule has 1 aromatic carbocycles. The monoisotopic (exact) mass is 377 g/mol. The van der Waals surface area contributed by atoms with Gasteiger partial charge in [0.1, 0.15) is 5.82 Å². The van der Waals surface area contributed by atoms with Crippen molar-refractivity contribution in [2.45, 2.75) is 38.6 Å². The zero-order valence-electron chi connectivity index (χ0n) is 17.3. The lowest BCUT2D eigenvalue weighted by molar-refractivity contribution is 0.380. The average molecular weight is 378 g/mol. The third kappa shape index (κ3) is 4.04. The van der Waals surface area contributed by atoms with E-state index in [4.69, 9.17) is 9.97 Å². The maximum absolute atomic E-state index is 4.76. The van der Waals surface area contributed by atoms with Crippen LogP contribution >= 0.6 is 0 Å². The molecule has 1 saturated heterocycles. The molecule has 0 N–H and O–H groups in total. The maximum Gasteiger partial charge on any atom is 0.113 e. The largest absolute Gasteiger partial charge is 0.370 e. The fourth-order valence-electron chi connectivity index (χ4n) is 4.38. The fraction of sp³-hybridized carbons (Fsp3) is 0.478. The Morgan fingerprint density at radius 2 is 2.07 bits per heavy atom. The topological polar surface area (TPSA) is 37.2 Å². The van der Waals surface area contributed by atoms with E-state index in [1.54, 1.807) is 0 Å². The first-order chi connectivity index (χ1) is 13.6. The molecule has 0 amide bonds. The van der Waals surface area contributed by atoms with Crippen LogP contribution in [-0.4, -0.2) is 53.2 Å². The molecule has 3 aromatic rings. The Balaban J connectivity index is 1.56. The number of anilines is 1. The van der Waals surface area contributed by atoms with Gasteiger partial charge in [-0.2, -0.15) is 0 Å². The smallest absolute Gasteiger partial charge is 0.113 e.